The number of amides is 1. The van der Waals surface area contributed by atoms with Crippen molar-refractivity contribution in [2.75, 3.05) is 6.61 Å². The van der Waals surface area contributed by atoms with Gasteiger partial charge in [-0.25, -0.2) is 4.79 Å². The fourth-order valence-corrected chi connectivity index (χ4v) is 1.11. The number of allylic oxidation sites excluding steroid dienone is 1. The van der Waals surface area contributed by atoms with E-state index in [1.165, 1.54) is 0 Å². The predicted octanol–water partition coefficient (Wildman–Crippen LogP) is 1.97. The van der Waals surface area contributed by atoms with Gasteiger partial charge in [-0.2, -0.15) is 0 Å². The van der Waals surface area contributed by atoms with Crippen molar-refractivity contribution in [3.63, 3.8) is 0 Å². The second kappa shape index (κ2) is 6.40. The van der Waals surface area contributed by atoms with E-state index in [-0.39, 0.29) is 12.3 Å². The van der Waals surface area contributed by atoms with Crippen LogP contribution in [0.15, 0.2) is 36.0 Å². The lowest BCUT2D eigenvalue weighted by atomic mass is 10.2. The Morgan fingerprint density at radius 2 is 2.06 bits per heavy atom. The molecule has 0 aliphatic heterocycles. The molecule has 1 N–H and O–H groups in total. The summed E-state index contributed by atoms with van der Waals surface area (Å²) >= 11 is 0. The first-order valence-corrected chi connectivity index (χ1v) is 4.92. The zero-order chi connectivity index (χ0) is 11.8. The summed E-state index contributed by atoms with van der Waals surface area (Å²) in [5, 5.41) is 2.35. The Morgan fingerprint density at radius 1 is 1.38 bits per heavy atom. The second-order valence-corrected chi connectivity index (χ2v) is 2.97. The fourth-order valence-electron chi connectivity index (χ4n) is 1.11. The third-order valence-electron chi connectivity index (χ3n) is 1.77. The second-order valence-electron chi connectivity index (χ2n) is 2.97. The highest BCUT2D eigenvalue weighted by Gasteiger charge is 2.03. The number of rotatable bonds is 4. The molecule has 0 spiro atoms. The highest BCUT2D eigenvalue weighted by molar-refractivity contribution is 5.87. The molecule has 0 aliphatic rings. The first-order valence-electron chi connectivity index (χ1n) is 4.92. The van der Waals surface area contributed by atoms with E-state index in [0.717, 1.165) is 5.56 Å². The standard InChI is InChI=1S/C12H13NO3/c1-2-16-12(15)13-11(9-14)8-10-6-4-3-5-7-10/h3-9H,2H2,1H3,(H,13,15). The summed E-state index contributed by atoms with van der Waals surface area (Å²) in [6, 6.07) is 9.22. The number of alkyl carbamates (subject to hydrolysis) is 1. The average molecular weight is 219 g/mol. The number of hydrogen-bond acceptors (Lipinski definition) is 3. The van der Waals surface area contributed by atoms with Crippen molar-refractivity contribution in [3.05, 3.63) is 41.6 Å². The number of aldehydes is 1. The summed E-state index contributed by atoms with van der Waals surface area (Å²) in [7, 11) is 0. The molecule has 0 bridgehead atoms. The highest BCUT2D eigenvalue weighted by Crippen LogP contribution is 2.03. The van der Waals surface area contributed by atoms with E-state index in [2.05, 4.69) is 10.1 Å². The number of benzene rings is 1. The van der Waals surface area contributed by atoms with Crippen molar-refractivity contribution >= 4 is 18.5 Å². The van der Waals surface area contributed by atoms with E-state index in [1.54, 1.807) is 13.0 Å². The van der Waals surface area contributed by atoms with Crippen LogP contribution in [0.25, 0.3) is 6.08 Å². The molecule has 0 saturated carbocycles. The van der Waals surface area contributed by atoms with E-state index >= 15 is 0 Å². The molecule has 1 aromatic rings. The molecule has 84 valence electrons. The van der Waals surface area contributed by atoms with Crippen LogP contribution in [0.2, 0.25) is 0 Å². The van der Waals surface area contributed by atoms with Crippen molar-refractivity contribution < 1.29 is 14.3 Å². The van der Waals surface area contributed by atoms with Crippen LogP contribution in [0.3, 0.4) is 0 Å². The Hall–Kier alpha value is -2.10. The first-order chi connectivity index (χ1) is 7.76. The molecule has 1 amide bonds. The quantitative estimate of drug-likeness (QED) is 0.622. The van der Waals surface area contributed by atoms with Gasteiger partial charge in [-0.05, 0) is 18.6 Å². The maximum absolute atomic E-state index is 11.1. The van der Waals surface area contributed by atoms with Crippen LogP contribution in [-0.4, -0.2) is 19.0 Å². The van der Waals surface area contributed by atoms with Gasteiger partial charge in [0.25, 0.3) is 0 Å². The molecule has 4 nitrogen and oxygen atoms in total. The third kappa shape index (κ3) is 3.96. The SMILES string of the molecule is CCOC(=O)NC(C=O)=Cc1ccccc1. The Bertz CT molecular complexity index is 385. The van der Waals surface area contributed by atoms with Crippen LogP contribution >= 0.6 is 0 Å². The molecule has 0 radical (unpaired) electrons. The fraction of sp³-hybridized carbons (Fsp3) is 0.167. The Kier molecular flexibility index (Phi) is 4.79. The molecule has 0 aromatic heterocycles. The summed E-state index contributed by atoms with van der Waals surface area (Å²) in [6.07, 6.45) is 1.52. The van der Waals surface area contributed by atoms with Crippen molar-refractivity contribution in [1.29, 1.82) is 0 Å². The largest absolute Gasteiger partial charge is 0.450 e. The molecule has 1 rings (SSSR count). The van der Waals surface area contributed by atoms with Crippen molar-refractivity contribution in [3.8, 4) is 0 Å². The zero-order valence-corrected chi connectivity index (χ0v) is 8.97. The van der Waals surface area contributed by atoms with Crippen molar-refractivity contribution in [2.24, 2.45) is 0 Å². The molecule has 4 heteroatoms. The van der Waals surface area contributed by atoms with Gasteiger partial charge in [-0.15, -0.1) is 0 Å². The minimum atomic E-state index is -0.628. The number of hydrogen-bond donors (Lipinski definition) is 1. The van der Waals surface area contributed by atoms with Gasteiger partial charge in [0.1, 0.15) is 0 Å². The Morgan fingerprint density at radius 3 is 2.62 bits per heavy atom. The number of carbonyl (C=O) groups is 2. The number of nitrogens with one attached hydrogen (secondary N) is 1. The van der Waals surface area contributed by atoms with Gasteiger partial charge in [0, 0.05) is 0 Å². The molecule has 0 heterocycles. The summed E-state index contributed by atoms with van der Waals surface area (Å²) in [4.78, 5) is 21.8. The molecule has 0 unspecified atom stereocenters. The van der Waals surface area contributed by atoms with Gasteiger partial charge in [0.15, 0.2) is 6.29 Å². The van der Waals surface area contributed by atoms with Gasteiger partial charge in [0.2, 0.25) is 0 Å². The van der Waals surface area contributed by atoms with Gasteiger partial charge < -0.3 is 4.74 Å². The maximum Gasteiger partial charge on any atom is 0.411 e. The average Bonchev–Trinajstić information content (AvgIpc) is 2.30. The molecule has 0 saturated heterocycles. The molecule has 0 fully saturated rings. The van der Waals surface area contributed by atoms with Crippen LogP contribution < -0.4 is 5.32 Å². The molecule has 0 aliphatic carbocycles. The molecular formula is C12H13NO3. The predicted molar refractivity (Wildman–Crippen MR) is 60.6 cm³/mol. The highest BCUT2D eigenvalue weighted by atomic mass is 16.5. The number of carbonyl (C=O) groups excluding carboxylic acids is 2. The van der Waals surface area contributed by atoms with Crippen molar-refractivity contribution in [2.45, 2.75) is 6.92 Å². The van der Waals surface area contributed by atoms with Crippen LogP contribution in [0.4, 0.5) is 4.79 Å². The Balaban J connectivity index is 2.71. The first kappa shape index (κ1) is 12.0. The molecule has 16 heavy (non-hydrogen) atoms. The lowest BCUT2D eigenvalue weighted by Gasteiger charge is -2.03. The lowest BCUT2D eigenvalue weighted by Crippen LogP contribution is -2.24. The maximum atomic E-state index is 11.1. The van der Waals surface area contributed by atoms with Gasteiger partial charge >= 0.3 is 6.09 Å². The van der Waals surface area contributed by atoms with Crippen LogP contribution in [-0.2, 0) is 9.53 Å². The van der Waals surface area contributed by atoms with E-state index in [4.69, 9.17) is 0 Å². The molecular weight excluding hydrogens is 206 g/mol. The summed E-state index contributed by atoms with van der Waals surface area (Å²) in [5.41, 5.74) is 1.01. The van der Waals surface area contributed by atoms with E-state index in [1.807, 2.05) is 30.3 Å². The number of ether oxygens (including phenoxy) is 1. The smallest absolute Gasteiger partial charge is 0.411 e. The minimum Gasteiger partial charge on any atom is -0.450 e. The van der Waals surface area contributed by atoms with E-state index in [0.29, 0.717) is 6.29 Å². The zero-order valence-electron chi connectivity index (χ0n) is 8.97. The molecule has 0 atom stereocenters. The lowest BCUT2D eigenvalue weighted by molar-refractivity contribution is -0.105. The van der Waals surface area contributed by atoms with Crippen LogP contribution in [0.1, 0.15) is 12.5 Å². The van der Waals surface area contributed by atoms with Crippen LogP contribution in [0, 0.1) is 0 Å². The van der Waals surface area contributed by atoms with E-state index in [9.17, 15) is 9.59 Å². The van der Waals surface area contributed by atoms with E-state index < -0.39 is 6.09 Å². The topological polar surface area (TPSA) is 55.4 Å². The summed E-state index contributed by atoms with van der Waals surface area (Å²) in [5.74, 6) is 0. The van der Waals surface area contributed by atoms with Gasteiger partial charge in [0.05, 0.1) is 12.3 Å². The normalized spacial score (nSPS) is 10.7. The third-order valence-corrected chi connectivity index (χ3v) is 1.77. The minimum absolute atomic E-state index is 0.171. The summed E-state index contributed by atoms with van der Waals surface area (Å²) < 4.78 is 4.66. The summed E-state index contributed by atoms with van der Waals surface area (Å²) in [6.45, 7) is 1.96. The van der Waals surface area contributed by atoms with Crippen LogP contribution in [0.5, 0.6) is 0 Å². The Labute approximate surface area is 93.9 Å². The molecule has 1 aromatic carbocycles. The van der Waals surface area contributed by atoms with Crippen molar-refractivity contribution in [1.82, 2.24) is 5.32 Å². The monoisotopic (exact) mass is 219 g/mol. The van der Waals surface area contributed by atoms with Gasteiger partial charge in [-0.3, -0.25) is 10.1 Å². The van der Waals surface area contributed by atoms with Gasteiger partial charge in [-0.1, -0.05) is 30.3 Å².